The fraction of sp³-hybridized carbons (Fsp3) is 0.0833. The molecule has 3 aromatic carbocycles. The van der Waals surface area contributed by atoms with Gasteiger partial charge >= 0.3 is 10.4 Å². The van der Waals surface area contributed by atoms with Crippen LogP contribution in [0.25, 0.3) is 10.8 Å². The summed E-state index contributed by atoms with van der Waals surface area (Å²) in [4.78, 5) is 8.57. The minimum absolute atomic E-state index is 0.170. The maximum Gasteiger partial charge on any atom is 0.394 e. The second-order valence-corrected chi connectivity index (χ2v) is 8.20. The lowest BCUT2D eigenvalue weighted by Crippen LogP contribution is -2.03. The lowest BCUT2D eigenvalue weighted by molar-refractivity contribution is 0.345. The van der Waals surface area contributed by atoms with Crippen LogP contribution >= 0.6 is 0 Å². The van der Waals surface area contributed by atoms with Gasteiger partial charge in [0, 0.05) is 17.1 Å². The second-order valence-electron chi connectivity index (χ2n) is 7.31. The number of nitrogens with zero attached hydrogens (tertiary/aromatic N) is 4. The van der Waals surface area contributed by atoms with Crippen LogP contribution in [0.15, 0.2) is 54.6 Å². The summed E-state index contributed by atoms with van der Waals surface area (Å²) in [7, 11) is -1.64. The Hall–Kier alpha value is -5.15. The van der Waals surface area contributed by atoms with Gasteiger partial charge in [0.15, 0.2) is 11.5 Å². The van der Waals surface area contributed by atoms with E-state index in [-0.39, 0.29) is 17.6 Å². The van der Waals surface area contributed by atoms with Crippen LogP contribution in [0.4, 0.5) is 17.5 Å². The van der Waals surface area contributed by atoms with E-state index in [0.717, 1.165) is 10.8 Å². The first-order chi connectivity index (χ1) is 18.0. The molecule has 0 radical (unpaired) electrons. The normalized spacial score (nSPS) is 10.4. The van der Waals surface area contributed by atoms with Crippen LogP contribution in [0, 0.1) is 22.7 Å². The third-order valence-electron chi connectivity index (χ3n) is 4.77. The first-order valence-corrected chi connectivity index (χ1v) is 11.8. The fourth-order valence-corrected chi connectivity index (χ4v) is 3.26. The van der Waals surface area contributed by atoms with E-state index in [0.29, 0.717) is 34.1 Å². The zero-order valence-corrected chi connectivity index (χ0v) is 20.7. The monoisotopic (exact) mass is 536 g/mol. The van der Waals surface area contributed by atoms with Crippen LogP contribution < -0.4 is 25.3 Å². The van der Waals surface area contributed by atoms with E-state index in [1.165, 1.54) is 20.3 Å². The average molecular weight is 537 g/mol. The van der Waals surface area contributed by atoms with Gasteiger partial charge in [-0.1, -0.05) is 0 Å². The van der Waals surface area contributed by atoms with Crippen molar-refractivity contribution in [2.75, 3.05) is 25.3 Å². The summed E-state index contributed by atoms with van der Waals surface area (Å²) in [5.74, 6) is 1.70. The number of nitrogens with two attached hydrogens (primary N) is 1. The minimum Gasteiger partial charge on any atom is -0.493 e. The SMILES string of the molecule is COc1cc2cc(C#N)ccc2c(OC)c1Oc1cc(N)nc(Nc2ccc(C#N)cc2)n1.O=S(=O)(O)O. The molecule has 0 aliphatic rings. The van der Waals surface area contributed by atoms with E-state index in [4.69, 9.17) is 42.7 Å². The van der Waals surface area contributed by atoms with E-state index >= 15 is 0 Å². The van der Waals surface area contributed by atoms with Crippen molar-refractivity contribution in [3.05, 3.63) is 65.7 Å². The second kappa shape index (κ2) is 11.7. The number of ether oxygens (including phenoxy) is 3. The highest BCUT2D eigenvalue weighted by Gasteiger charge is 2.19. The quantitative estimate of drug-likeness (QED) is 0.258. The molecule has 38 heavy (non-hydrogen) atoms. The largest absolute Gasteiger partial charge is 0.493 e. The number of rotatable bonds is 6. The molecule has 0 aliphatic carbocycles. The number of nitrogen functional groups attached to an aromatic ring is 1. The van der Waals surface area contributed by atoms with Crippen molar-refractivity contribution in [1.29, 1.82) is 10.5 Å². The number of hydrogen-bond acceptors (Lipinski definition) is 11. The van der Waals surface area contributed by atoms with Gasteiger partial charge in [-0.3, -0.25) is 9.11 Å². The van der Waals surface area contributed by atoms with Crippen LogP contribution in [0.2, 0.25) is 0 Å². The summed E-state index contributed by atoms with van der Waals surface area (Å²) in [6.45, 7) is 0. The molecule has 0 spiro atoms. The van der Waals surface area contributed by atoms with Crippen molar-refractivity contribution >= 4 is 38.6 Å². The van der Waals surface area contributed by atoms with Crippen LogP contribution in [0.1, 0.15) is 11.1 Å². The Kier molecular flexibility index (Phi) is 8.46. The van der Waals surface area contributed by atoms with Crippen molar-refractivity contribution in [3.63, 3.8) is 0 Å². The van der Waals surface area contributed by atoms with Gasteiger partial charge in [-0.25, -0.2) is 0 Å². The van der Waals surface area contributed by atoms with Crippen LogP contribution in [0.5, 0.6) is 23.1 Å². The van der Waals surface area contributed by atoms with Gasteiger partial charge in [0.05, 0.1) is 37.5 Å². The van der Waals surface area contributed by atoms with Crippen molar-refractivity contribution in [2.24, 2.45) is 0 Å². The van der Waals surface area contributed by atoms with Crippen LogP contribution in [0.3, 0.4) is 0 Å². The molecule has 13 nitrogen and oxygen atoms in total. The van der Waals surface area contributed by atoms with Crippen molar-refractivity contribution in [1.82, 2.24) is 9.97 Å². The van der Waals surface area contributed by atoms with Gasteiger partial charge in [0.1, 0.15) is 5.82 Å². The molecule has 0 unspecified atom stereocenters. The highest BCUT2D eigenvalue weighted by molar-refractivity contribution is 7.79. The topological polar surface area (TPSA) is 214 Å². The van der Waals surface area contributed by atoms with Crippen molar-refractivity contribution in [2.45, 2.75) is 0 Å². The summed E-state index contributed by atoms with van der Waals surface area (Å²) in [6, 6.07) is 19.5. The summed E-state index contributed by atoms with van der Waals surface area (Å²) >= 11 is 0. The molecule has 0 bridgehead atoms. The van der Waals surface area contributed by atoms with E-state index in [1.807, 2.05) is 0 Å². The van der Waals surface area contributed by atoms with Gasteiger partial charge in [-0.2, -0.15) is 28.9 Å². The maximum atomic E-state index is 9.20. The van der Waals surface area contributed by atoms with Gasteiger partial charge in [-0.15, -0.1) is 0 Å². The molecule has 194 valence electrons. The number of hydrogen-bond donors (Lipinski definition) is 4. The smallest absolute Gasteiger partial charge is 0.394 e. The Balaban J connectivity index is 0.000000732. The van der Waals surface area contributed by atoms with Crippen LogP contribution in [-0.2, 0) is 10.4 Å². The zero-order chi connectivity index (χ0) is 27.9. The van der Waals surface area contributed by atoms with Gasteiger partial charge in [-0.05, 0) is 53.9 Å². The van der Waals surface area contributed by atoms with Gasteiger partial charge in [0.25, 0.3) is 0 Å². The Morgan fingerprint density at radius 3 is 2.11 bits per heavy atom. The number of nitrogens with one attached hydrogen (secondary N) is 1. The molecule has 0 atom stereocenters. The summed E-state index contributed by atoms with van der Waals surface area (Å²) in [5, 5.41) is 22.7. The summed E-state index contributed by atoms with van der Waals surface area (Å²) in [5.41, 5.74) is 7.70. The number of methoxy groups -OCH3 is 2. The molecule has 1 heterocycles. The van der Waals surface area contributed by atoms with E-state index < -0.39 is 10.4 Å². The Labute approximate surface area is 217 Å². The number of nitriles is 2. The molecule has 5 N–H and O–H groups in total. The summed E-state index contributed by atoms with van der Waals surface area (Å²) < 4.78 is 48.8. The Bertz CT molecular complexity index is 1660. The highest BCUT2D eigenvalue weighted by Crippen LogP contribution is 2.45. The molecule has 1 aromatic heterocycles. The van der Waals surface area contributed by atoms with Crippen molar-refractivity contribution in [3.8, 4) is 35.3 Å². The number of aromatic nitrogens is 2. The van der Waals surface area contributed by atoms with E-state index in [2.05, 4.69) is 27.4 Å². The zero-order valence-electron chi connectivity index (χ0n) is 19.9. The number of fused-ring (bicyclic) bond motifs is 1. The van der Waals surface area contributed by atoms with Crippen LogP contribution in [-0.4, -0.2) is 41.7 Å². The van der Waals surface area contributed by atoms with E-state index in [9.17, 15) is 5.26 Å². The number of benzene rings is 3. The molecule has 0 fully saturated rings. The molecule has 0 saturated heterocycles. The summed E-state index contributed by atoms with van der Waals surface area (Å²) in [6.07, 6.45) is 0. The van der Waals surface area contributed by atoms with Crippen molar-refractivity contribution < 1.29 is 31.7 Å². The Morgan fingerprint density at radius 2 is 1.53 bits per heavy atom. The molecule has 0 saturated carbocycles. The predicted molar refractivity (Wildman–Crippen MR) is 137 cm³/mol. The molecule has 0 amide bonds. The first-order valence-electron chi connectivity index (χ1n) is 10.4. The minimum atomic E-state index is -4.67. The molecular weight excluding hydrogens is 516 g/mol. The van der Waals surface area contributed by atoms with Gasteiger partial charge in [0.2, 0.25) is 17.6 Å². The fourth-order valence-electron chi connectivity index (χ4n) is 3.26. The lowest BCUT2D eigenvalue weighted by atomic mass is 10.1. The standard InChI is InChI=1S/C24H18N6O3.H2O4S/c1-31-19-10-16-9-15(13-26)5-8-18(16)22(32-2)23(19)33-21-11-20(27)29-24(30-21)28-17-6-3-14(12-25)4-7-17;1-5(2,3)4/h3-11H,1-2H3,(H3,27,28,29,30);(H2,1,2,3,4). The molecule has 4 rings (SSSR count). The van der Waals surface area contributed by atoms with Gasteiger partial charge < -0.3 is 25.3 Å². The third-order valence-corrected chi connectivity index (χ3v) is 4.77. The molecule has 0 aliphatic heterocycles. The average Bonchev–Trinajstić information content (AvgIpc) is 2.87. The maximum absolute atomic E-state index is 9.20. The van der Waals surface area contributed by atoms with E-state index in [1.54, 1.807) is 48.5 Å². The number of anilines is 3. The molecular formula is C24H20N6O7S. The highest BCUT2D eigenvalue weighted by atomic mass is 32.3. The Morgan fingerprint density at radius 1 is 0.895 bits per heavy atom. The third kappa shape index (κ3) is 7.19. The molecule has 4 aromatic rings. The first kappa shape index (κ1) is 27.4. The lowest BCUT2D eigenvalue weighted by Gasteiger charge is -2.16. The predicted octanol–water partition coefficient (Wildman–Crippen LogP) is 3.86. The molecule has 14 heteroatoms.